The Morgan fingerprint density at radius 2 is 1.75 bits per heavy atom. The number of carbonyl (C=O) groups excluding carboxylic acids is 2. The molecule has 0 aromatic heterocycles. The Bertz CT molecular complexity index is 790. The van der Waals surface area contributed by atoms with E-state index >= 15 is 0 Å². The molecule has 1 heterocycles. The maximum absolute atomic E-state index is 13.8. The van der Waals surface area contributed by atoms with Gasteiger partial charge in [-0.1, -0.05) is 12.1 Å². The van der Waals surface area contributed by atoms with Gasteiger partial charge in [0.05, 0.1) is 5.92 Å². The van der Waals surface area contributed by atoms with Gasteiger partial charge in [-0.15, -0.1) is 0 Å². The van der Waals surface area contributed by atoms with Crippen molar-refractivity contribution < 1.29 is 22.8 Å². The first kappa shape index (κ1) is 16.0. The fourth-order valence-electron chi connectivity index (χ4n) is 2.66. The number of halogens is 3. The summed E-state index contributed by atoms with van der Waals surface area (Å²) in [5.74, 6) is -4.07. The number of nitrogens with zero attached hydrogens (tertiary/aromatic N) is 1. The summed E-state index contributed by atoms with van der Waals surface area (Å²) in [7, 11) is 0. The van der Waals surface area contributed by atoms with Gasteiger partial charge >= 0.3 is 0 Å². The van der Waals surface area contributed by atoms with Gasteiger partial charge in [-0.3, -0.25) is 9.59 Å². The molecule has 1 saturated heterocycles. The van der Waals surface area contributed by atoms with Crippen LogP contribution in [0.25, 0.3) is 0 Å². The van der Waals surface area contributed by atoms with Crippen molar-refractivity contribution in [3.63, 3.8) is 0 Å². The van der Waals surface area contributed by atoms with Crippen LogP contribution in [0.5, 0.6) is 0 Å². The Balaban J connectivity index is 1.76. The van der Waals surface area contributed by atoms with Gasteiger partial charge in [-0.2, -0.15) is 0 Å². The molecule has 7 heteroatoms. The van der Waals surface area contributed by atoms with E-state index in [0.717, 1.165) is 23.1 Å². The van der Waals surface area contributed by atoms with Crippen LogP contribution >= 0.6 is 0 Å². The summed E-state index contributed by atoms with van der Waals surface area (Å²) < 4.78 is 40.8. The van der Waals surface area contributed by atoms with Gasteiger partial charge in [-0.05, 0) is 30.3 Å². The first-order chi connectivity index (χ1) is 11.5. The number of benzene rings is 2. The summed E-state index contributed by atoms with van der Waals surface area (Å²) in [4.78, 5) is 25.2. The molecule has 24 heavy (non-hydrogen) atoms. The first-order valence-corrected chi connectivity index (χ1v) is 7.26. The molecule has 4 nitrogen and oxygen atoms in total. The van der Waals surface area contributed by atoms with Gasteiger partial charge in [0.1, 0.15) is 23.1 Å². The minimum absolute atomic E-state index is 0.141. The second-order valence-corrected chi connectivity index (χ2v) is 5.48. The molecule has 1 fully saturated rings. The average molecular weight is 334 g/mol. The fourth-order valence-corrected chi connectivity index (χ4v) is 2.66. The van der Waals surface area contributed by atoms with E-state index in [2.05, 4.69) is 5.32 Å². The SMILES string of the molecule is O=C(Nc1cccc(F)c1)C1CC(=O)N(c2c(F)cccc2F)C1. The van der Waals surface area contributed by atoms with E-state index in [4.69, 9.17) is 0 Å². The summed E-state index contributed by atoms with van der Waals surface area (Å²) in [6.07, 6.45) is -0.172. The highest BCUT2D eigenvalue weighted by Gasteiger charge is 2.37. The van der Waals surface area contributed by atoms with Crippen molar-refractivity contribution in [2.45, 2.75) is 6.42 Å². The van der Waals surface area contributed by atoms with Crippen LogP contribution in [-0.2, 0) is 9.59 Å². The average Bonchev–Trinajstić information content (AvgIpc) is 2.89. The molecular weight excluding hydrogens is 321 g/mol. The minimum Gasteiger partial charge on any atom is -0.326 e. The topological polar surface area (TPSA) is 49.4 Å². The Hall–Kier alpha value is -2.83. The molecule has 124 valence electrons. The van der Waals surface area contributed by atoms with Crippen molar-refractivity contribution in [2.75, 3.05) is 16.8 Å². The van der Waals surface area contributed by atoms with Gasteiger partial charge in [0.25, 0.3) is 0 Å². The maximum atomic E-state index is 13.8. The molecular formula is C17H13F3N2O2. The highest BCUT2D eigenvalue weighted by atomic mass is 19.1. The van der Waals surface area contributed by atoms with Crippen LogP contribution in [-0.4, -0.2) is 18.4 Å². The minimum atomic E-state index is -0.866. The molecule has 2 amide bonds. The van der Waals surface area contributed by atoms with E-state index in [1.165, 1.54) is 24.3 Å². The van der Waals surface area contributed by atoms with E-state index in [9.17, 15) is 22.8 Å². The lowest BCUT2D eigenvalue weighted by Gasteiger charge is -2.18. The third-order valence-electron chi connectivity index (χ3n) is 3.80. The zero-order valence-corrected chi connectivity index (χ0v) is 12.4. The largest absolute Gasteiger partial charge is 0.326 e. The van der Waals surface area contributed by atoms with E-state index in [0.29, 0.717) is 0 Å². The van der Waals surface area contributed by atoms with Crippen LogP contribution in [0.4, 0.5) is 24.5 Å². The number of hydrogen-bond acceptors (Lipinski definition) is 2. The van der Waals surface area contributed by atoms with Crippen LogP contribution in [0.1, 0.15) is 6.42 Å². The van der Waals surface area contributed by atoms with Gasteiger partial charge in [0.2, 0.25) is 11.8 Å². The molecule has 0 spiro atoms. The molecule has 1 aliphatic heterocycles. The summed E-state index contributed by atoms with van der Waals surface area (Å²) in [5.41, 5.74) is -0.202. The number of carbonyl (C=O) groups is 2. The molecule has 1 unspecified atom stereocenters. The number of rotatable bonds is 3. The molecule has 2 aromatic carbocycles. The summed E-state index contributed by atoms with van der Waals surface area (Å²) in [5, 5.41) is 2.50. The maximum Gasteiger partial charge on any atom is 0.229 e. The van der Waals surface area contributed by atoms with Crippen LogP contribution in [0.15, 0.2) is 42.5 Å². The zero-order chi connectivity index (χ0) is 17.3. The number of para-hydroxylation sites is 1. The Morgan fingerprint density at radius 3 is 2.42 bits per heavy atom. The number of amides is 2. The number of nitrogens with one attached hydrogen (secondary N) is 1. The summed E-state index contributed by atoms with van der Waals surface area (Å²) >= 11 is 0. The lowest BCUT2D eigenvalue weighted by molar-refractivity contribution is -0.122. The predicted molar refractivity (Wildman–Crippen MR) is 81.8 cm³/mol. The molecule has 0 saturated carbocycles. The van der Waals surface area contributed by atoms with Crippen molar-refractivity contribution in [3.05, 3.63) is 59.9 Å². The van der Waals surface area contributed by atoms with Crippen molar-refractivity contribution in [3.8, 4) is 0 Å². The van der Waals surface area contributed by atoms with Gasteiger partial charge in [-0.25, -0.2) is 13.2 Å². The standard InChI is InChI=1S/C17H13F3N2O2/c18-11-3-1-4-12(8-11)21-17(24)10-7-15(23)22(9-10)16-13(19)5-2-6-14(16)20/h1-6,8,10H,7,9H2,(H,21,24). The van der Waals surface area contributed by atoms with E-state index in [1.807, 2.05) is 0 Å². The highest BCUT2D eigenvalue weighted by Crippen LogP contribution is 2.30. The lowest BCUT2D eigenvalue weighted by atomic mass is 10.1. The van der Waals surface area contributed by atoms with Crippen molar-refractivity contribution in [2.24, 2.45) is 5.92 Å². The van der Waals surface area contributed by atoms with Crippen LogP contribution in [0.2, 0.25) is 0 Å². The van der Waals surface area contributed by atoms with Gasteiger partial charge in [0.15, 0.2) is 0 Å². The second-order valence-electron chi connectivity index (χ2n) is 5.48. The van der Waals surface area contributed by atoms with Crippen molar-refractivity contribution in [1.29, 1.82) is 0 Å². The molecule has 0 radical (unpaired) electrons. The molecule has 3 rings (SSSR count). The molecule has 0 aliphatic carbocycles. The molecule has 2 aromatic rings. The fraction of sp³-hybridized carbons (Fsp3) is 0.176. The van der Waals surface area contributed by atoms with E-state index in [-0.39, 0.29) is 18.7 Å². The molecule has 0 bridgehead atoms. The van der Waals surface area contributed by atoms with Crippen LogP contribution < -0.4 is 10.2 Å². The summed E-state index contributed by atoms with van der Waals surface area (Å²) in [6, 6.07) is 8.61. The quantitative estimate of drug-likeness (QED) is 0.938. The number of hydrogen-bond donors (Lipinski definition) is 1. The molecule has 1 aliphatic rings. The van der Waals surface area contributed by atoms with Gasteiger partial charge < -0.3 is 10.2 Å². The zero-order valence-electron chi connectivity index (χ0n) is 12.4. The van der Waals surface area contributed by atoms with Crippen molar-refractivity contribution in [1.82, 2.24) is 0 Å². The highest BCUT2D eigenvalue weighted by molar-refractivity contribution is 6.03. The normalized spacial score (nSPS) is 17.2. The molecule has 1 N–H and O–H groups in total. The van der Waals surface area contributed by atoms with Crippen LogP contribution in [0.3, 0.4) is 0 Å². The monoisotopic (exact) mass is 334 g/mol. The Labute approximate surface area is 135 Å². The van der Waals surface area contributed by atoms with E-state index < -0.39 is 40.9 Å². The Morgan fingerprint density at radius 1 is 1.08 bits per heavy atom. The van der Waals surface area contributed by atoms with E-state index in [1.54, 1.807) is 0 Å². The third-order valence-corrected chi connectivity index (χ3v) is 3.80. The predicted octanol–water partition coefficient (Wildman–Crippen LogP) is 3.10. The Kier molecular flexibility index (Phi) is 4.24. The van der Waals surface area contributed by atoms with Crippen LogP contribution in [0, 0.1) is 23.4 Å². The first-order valence-electron chi connectivity index (χ1n) is 7.26. The summed E-state index contributed by atoms with van der Waals surface area (Å²) in [6.45, 7) is -0.141. The molecule has 1 atom stereocenters. The van der Waals surface area contributed by atoms with Crippen molar-refractivity contribution >= 4 is 23.2 Å². The lowest BCUT2D eigenvalue weighted by Crippen LogP contribution is -2.29. The van der Waals surface area contributed by atoms with Gasteiger partial charge in [0, 0.05) is 18.7 Å². The number of anilines is 2. The smallest absolute Gasteiger partial charge is 0.229 e. The second kappa shape index (κ2) is 6.35. The third kappa shape index (κ3) is 3.10.